The Morgan fingerprint density at radius 1 is 1.57 bits per heavy atom. The van der Waals surface area contributed by atoms with Gasteiger partial charge < -0.3 is 9.64 Å². The zero-order chi connectivity index (χ0) is 10.7. The number of methoxy groups -OCH3 is 1. The molecular weight excluding hydrogens is 266 g/mol. The fourth-order valence-electron chi connectivity index (χ4n) is 0.974. The summed E-state index contributed by atoms with van der Waals surface area (Å²) >= 11 is 7.06. The third-order valence-corrected chi connectivity index (χ3v) is 2.73. The van der Waals surface area contributed by atoms with Gasteiger partial charge >= 0.3 is 0 Å². The average molecular weight is 276 g/mol. The fourth-order valence-corrected chi connectivity index (χ4v) is 1.62. The number of hydrogen-bond acceptors (Lipinski definition) is 2. The van der Waals surface area contributed by atoms with Gasteiger partial charge in [-0.2, -0.15) is 0 Å². The Hall–Kier alpha value is -0.680. The molecule has 0 atom stereocenters. The van der Waals surface area contributed by atoms with E-state index in [2.05, 4.69) is 28.6 Å². The maximum absolute atomic E-state index is 11.0. The van der Waals surface area contributed by atoms with E-state index < -0.39 is 0 Å². The first kappa shape index (κ1) is 11.4. The van der Waals surface area contributed by atoms with Crippen LogP contribution in [0.2, 0.25) is 0 Å². The van der Waals surface area contributed by atoms with Gasteiger partial charge in [-0.15, -0.1) is 0 Å². The molecule has 0 N–H and O–H groups in total. The molecule has 14 heavy (non-hydrogen) atoms. The lowest BCUT2D eigenvalue weighted by Crippen LogP contribution is -2.19. The Kier molecular flexibility index (Phi) is 3.83. The van der Waals surface area contributed by atoms with Crippen molar-refractivity contribution >= 4 is 39.5 Å². The second-order valence-electron chi connectivity index (χ2n) is 2.66. The van der Waals surface area contributed by atoms with Crippen molar-refractivity contribution in [2.45, 2.75) is 0 Å². The first-order valence-electron chi connectivity index (χ1n) is 3.86. The molecule has 0 spiro atoms. The highest BCUT2D eigenvalue weighted by atomic mass is 79.9. The predicted molar refractivity (Wildman–Crippen MR) is 63.5 cm³/mol. The summed E-state index contributed by atoms with van der Waals surface area (Å²) < 4.78 is 5.88. The first-order valence-corrected chi connectivity index (χ1v) is 5.10. The van der Waals surface area contributed by atoms with Gasteiger partial charge in [0.15, 0.2) is 0 Å². The van der Waals surface area contributed by atoms with Crippen molar-refractivity contribution in [2.75, 3.05) is 19.1 Å². The lowest BCUT2D eigenvalue weighted by Gasteiger charge is -2.15. The summed E-state index contributed by atoms with van der Waals surface area (Å²) in [6, 6.07) is 5.37. The van der Waals surface area contributed by atoms with Crippen molar-refractivity contribution in [1.29, 1.82) is 0 Å². The minimum absolute atomic E-state index is 0.304. The summed E-state index contributed by atoms with van der Waals surface area (Å²) in [5.41, 5.74) is 0.762. The number of thiol groups is 1. The topological polar surface area (TPSA) is 29.5 Å². The molecule has 76 valence electrons. The number of carbonyl (C=O) groups is 1. The number of anilines is 1. The number of amides is 1. The summed E-state index contributed by atoms with van der Waals surface area (Å²) in [5.74, 6) is 0.730. The molecule has 3 nitrogen and oxygen atoms in total. The molecule has 5 heteroatoms. The van der Waals surface area contributed by atoms with Gasteiger partial charge in [-0.05, 0) is 34.1 Å². The van der Waals surface area contributed by atoms with Crippen molar-refractivity contribution in [3.63, 3.8) is 0 Å². The molecule has 0 aromatic heterocycles. The maximum Gasteiger partial charge on any atom is 0.282 e. The van der Waals surface area contributed by atoms with E-state index in [-0.39, 0.29) is 5.24 Å². The van der Waals surface area contributed by atoms with Crippen LogP contribution in [-0.4, -0.2) is 19.4 Å². The van der Waals surface area contributed by atoms with Crippen LogP contribution in [0.4, 0.5) is 10.5 Å². The Bertz CT molecular complexity index is 357. The fraction of sp³-hybridized carbons (Fsp3) is 0.222. The SMILES string of the molecule is COc1ccc(N(C)C(=O)S)cc1Br. The molecule has 0 fully saturated rings. The zero-order valence-corrected chi connectivity index (χ0v) is 10.3. The van der Waals surface area contributed by atoms with Crippen molar-refractivity contribution in [1.82, 2.24) is 0 Å². The van der Waals surface area contributed by atoms with Crippen LogP contribution in [0.15, 0.2) is 22.7 Å². The van der Waals surface area contributed by atoms with Gasteiger partial charge in [0.25, 0.3) is 5.24 Å². The molecule has 1 rings (SSSR count). The molecule has 0 unspecified atom stereocenters. The Morgan fingerprint density at radius 2 is 2.21 bits per heavy atom. The molecule has 1 amide bonds. The monoisotopic (exact) mass is 275 g/mol. The number of ether oxygens (including phenoxy) is 1. The summed E-state index contributed by atoms with van der Waals surface area (Å²) in [4.78, 5) is 12.4. The molecule has 1 aromatic carbocycles. The van der Waals surface area contributed by atoms with E-state index >= 15 is 0 Å². The van der Waals surface area contributed by atoms with E-state index in [9.17, 15) is 4.79 Å². The summed E-state index contributed by atoms with van der Waals surface area (Å²) in [5, 5.41) is -0.304. The minimum Gasteiger partial charge on any atom is -0.496 e. The van der Waals surface area contributed by atoms with Crippen LogP contribution in [-0.2, 0) is 0 Å². The van der Waals surface area contributed by atoms with Crippen molar-refractivity contribution in [3.8, 4) is 5.75 Å². The highest BCUT2D eigenvalue weighted by Crippen LogP contribution is 2.29. The maximum atomic E-state index is 11.0. The quantitative estimate of drug-likeness (QED) is 0.841. The van der Waals surface area contributed by atoms with E-state index in [0.717, 1.165) is 15.9 Å². The zero-order valence-electron chi connectivity index (χ0n) is 7.82. The number of nitrogens with zero attached hydrogens (tertiary/aromatic N) is 1. The number of rotatable bonds is 2. The van der Waals surface area contributed by atoms with Crippen LogP contribution < -0.4 is 9.64 Å². The normalized spacial score (nSPS) is 9.71. The number of benzene rings is 1. The first-order chi connectivity index (χ1) is 6.56. The van der Waals surface area contributed by atoms with Crippen LogP contribution in [0, 0.1) is 0 Å². The third-order valence-electron chi connectivity index (χ3n) is 1.81. The highest BCUT2D eigenvalue weighted by molar-refractivity contribution is 9.10. The summed E-state index contributed by atoms with van der Waals surface area (Å²) in [6.45, 7) is 0. The number of halogens is 1. The molecule has 0 aliphatic rings. The van der Waals surface area contributed by atoms with E-state index in [0.29, 0.717) is 0 Å². The van der Waals surface area contributed by atoms with Gasteiger partial charge in [0.05, 0.1) is 11.6 Å². The minimum atomic E-state index is -0.304. The van der Waals surface area contributed by atoms with Gasteiger partial charge in [0, 0.05) is 12.7 Å². The van der Waals surface area contributed by atoms with Crippen LogP contribution >= 0.6 is 28.6 Å². The number of hydrogen-bond donors (Lipinski definition) is 1. The van der Waals surface area contributed by atoms with Crippen molar-refractivity contribution < 1.29 is 9.53 Å². The molecule has 0 saturated heterocycles. The van der Waals surface area contributed by atoms with Crippen molar-refractivity contribution in [3.05, 3.63) is 22.7 Å². The van der Waals surface area contributed by atoms with E-state index in [1.165, 1.54) is 4.90 Å². The Balaban J connectivity index is 3.02. The molecular formula is C9H10BrNO2S. The summed E-state index contributed by atoms with van der Waals surface area (Å²) in [6.07, 6.45) is 0. The highest BCUT2D eigenvalue weighted by Gasteiger charge is 2.08. The standard InChI is InChI=1S/C9H10BrNO2S/c1-11(9(12)14)6-3-4-8(13-2)7(10)5-6/h3-5H,1-2H3,(H,12,14). The average Bonchev–Trinajstić information content (AvgIpc) is 2.16. The molecule has 0 saturated carbocycles. The van der Waals surface area contributed by atoms with E-state index in [1.807, 2.05) is 0 Å². The van der Waals surface area contributed by atoms with E-state index in [1.54, 1.807) is 32.4 Å². The van der Waals surface area contributed by atoms with Crippen LogP contribution in [0.3, 0.4) is 0 Å². The molecule has 0 heterocycles. The summed E-state index contributed by atoms with van der Waals surface area (Å²) in [7, 11) is 3.25. The van der Waals surface area contributed by atoms with Gasteiger partial charge in [-0.1, -0.05) is 12.6 Å². The lowest BCUT2D eigenvalue weighted by atomic mass is 10.3. The smallest absolute Gasteiger partial charge is 0.282 e. The van der Waals surface area contributed by atoms with Crippen LogP contribution in [0.5, 0.6) is 5.75 Å². The largest absolute Gasteiger partial charge is 0.496 e. The molecule has 0 aliphatic carbocycles. The van der Waals surface area contributed by atoms with Gasteiger partial charge in [0.1, 0.15) is 5.75 Å². The molecule has 0 radical (unpaired) electrons. The Labute approximate surface area is 96.6 Å². The van der Waals surface area contributed by atoms with Crippen molar-refractivity contribution in [2.24, 2.45) is 0 Å². The Morgan fingerprint density at radius 3 is 2.64 bits per heavy atom. The second-order valence-corrected chi connectivity index (χ2v) is 3.90. The van der Waals surface area contributed by atoms with Gasteiger partial charge in [-0.3, -0.25) is 4.79 Å². The van der Waals surface area contributed by atoms with E-state index in [4.69, 9.17) is 4.74 Å². The molecule has 0 aliphatic heterocycles. The second kappa shape index (κ2) is 4.70. The van der Waals surface area contributed by atoms with Gasteiger partial charge in [-0.25, -0.2) is 0 Å². The predicted octanol–water partition coefficient (Wildman–Crippen LogP) is 2.94. The van der Waals surface area contributed by atoms with Gasteiger partial charge in [0.2, 0.25) is 0 Å². The number of carbonyl (C=O) groups excluding carboxylic acids is 1. The van der Waals surface area contributed by atoms with Crippen LogP contribution in [0.1, 0.15) is 0 Å². The molecule has 0 bridgehead atoms. The van der Waals surface area contributed by atoms with Crippen LogP contribution in [0.25, 0.3) is 0 Å². The molecule has 1 aromatic rings. The lowest BCUT2D eigenvalue weighted by molar-refractivity contribution is 0.266. The third kappa shape index (κ3) is 2.42.